The third-order valence-electron chi connectivity index (χ3n) is 5.36. The van der Waals surface area contributed by atoms with Gasteiger partial charge in [-0.1, -0.05) is 26.8 Å². The first kappa shape index (κ1) is 21.9. The third-order valence-corrected chi connectivity index (χ3v) is 5.79. The van der Waals surface area contributed by atoms with Crippen molar-refractivity contribution in [3.8, 4) is 0 Å². The molecular weight excluding hydrogens is 428 g/mol. The van der Waals surface area contributed by atoms with Crippen molar-refractivity contribution in [1.82, 2.24) is 14.9 Å². The maximum Gasteiger partial charge on any atom is 0.213 e. The molecule has 0 radical (unpaired) electrons. The molecule has 1 aliphatic rings. The maximum absolute atomic E-state index is 13.0. The van der Waals surface area contributed by atoms with Crippen LogP contribution >= 0.6 is 15.9 Å². The van der Waals surface area contributed by atoms with E-state index in [2.05, 4.69) is 51.5 Å². The summed E-state index contributed by atoms with van der Waals surface area (Å²) >= 11 is 3.41. The predicted octanol–water partition coefficient (Wildman–Crippen LogP) is 4.73. The van der Waals surface area contributed by atoms with Crippen LogP contribution in [-0.4, -0.2) is 53.4 Å². The second-order valence-electron chi connectivity index (χ2n) is 8.99. The molecule has 2 aromatic heterocycles. The van der Waals surface area contributed by atoms with Gasteiger partial charge in [-0.2, -0.15) is 0 Å². The Kier molecular flexibility index (Phi) is 7.06. The van der Waals surface area contributed by atoms with Crippen LogP contribution in [0.4, 0.5) is 5.82 Å². The van der Waals surface area contributed by atoms with E-state index in [-0.39, 0.29) is 5.78 Å². The average Bonchev–Trinajstić information content (AvgIpc) is 2.93. The molecule has 0 bridgehead atoms. The first-order valence-corrected chi connectivity index (χ1v) is 11.1. The van der Waals surface area contributed by atoms with E-state index >= 15 is 0 Å². The number of rotatable bonds is 5. The fraction of sp³-hybridized carbons (Fsp3) is 0.522. The number of nitrogens with zero attached hydrogens (tertiary/aromatic N) is 4. The topological polar surface area (TPSA) is 49.3 Å². The summed E-state index contributed by atoms with van der Waals surface area (Å²) < 4.78 is 0.797. The molecule has 0 aliphatic carbocycles. The maximum atomic E-state index is 13.0. The van der Waals surface area contributed by atoms with Gasteiger partial charge < -0.3 is 9.80 Å². The van der Waals surface area contributed by atoms with Gasteiger partial charge in [-0.15, -0.1) is 0 Å². The monoisotopic (exact) mass is 458 g/mol. The molecule has 2 aromatic rings. The molecular formula is C23H31BrN4O. The predicted molar refractivity (Wildman–Crippen MR) is 122 cm³/mol. The lowest BCUT2D eigenvalue weighted by Gasteiger charge is -2.26. The molecule has 3 rings (SSSR count). The van der Waals surface area contributed by atoms with E-state index in [0.29, 0.717) is 16.7 Å². The van der Waals surface area contributed by atoms with E-state index in [4.69, 9.17) is 4.98 Å². The van der Waals surface area contributed by atoms with Crippen molar-refractivity contribution < 1.29 is 4.79 Å². The van der Waals surface area contributed by atoms with Gasteiger partial charge in [-0.05, 0) is 72.4 Å². The zero-order valence-electron chi connectivity index (χ0n) is 17.9. The van der Waals surface area contributed by atoms with Crippen molar-refractivity contribution in [3.05, 3.63) is 51.9 Å². The molecule has 0 unspecified atom stereocenters. The van der Waals surface area contributed by atoms with Crippen LogP contribution in [0.5, 0.6) is 0 Å². The van der Waals surface area contributed by atoms with Crippen LogP contribution in [0, 0.1) is 12.3 Å². The minimum atomic E-state index is -0.0835. The lowest BCUT2D eigenvalue weighted by molar-refractivity contribution is 0.103. The van der Waals surface area contributed by atoms with Gasteiger partial charge in [0.25, 0.3) is 0 Å². The highest BCUT2D eigenvalue weighted by Crippen LogP contribution is 2.21. The van der Waals surface area contributed by atoms with Crippen LogP contribution in [0.15, 0.2) is 34.9 Å². The Balaban J connectivity index is 1.71. The molecule has 0 atom stereocenters. The number of hydrogen-bond acceptors (Lipinski definition) is 5. The van der Waals surface area contributed by atoms with Gasteiger partial charge in [0.2, 0.25) is 5.78 Å². The van der Waals surface area contributed by atoms with E-state index in [0.717, 1.165) is 55.1 Å². The van der Waals surface area contributed by atoms with Gasteiger partial charge in [0.05, 0.1) is 0 Å². The van der Waals surface area contributed by atoms with Crippen molar-refractivity contribution in [2.24, 2.45) is 5.41 Å². The van der Waals surface area contributed by atoms with E-state index in [1.54, 1.807) is 12.3 Å². The number of carbonyl (C=O) groups is 1. The highest BCUT2D eigenvalue weighted by Gasteiger charge is 2.20. The number of aryl methyl sites for hydroxylation is 1. The Morgan fingerprint density at radius 1 is 1.17 bits per heavy atom. The summed E-state index contributed by atoms with van der Waals surface area (Å²) in [4.78, 5) is 26.9. The number of pyridine rings is 2. The zero-order valence-corrected chi connectivity index (χ0v) is 19.5. The largest absolute Gasteiger partial charge is 0.355 e. The summed E-state index contributed by atoms with van der Waals surface area (Å²) in [6.07, 6.45) is 4.02. The standard InChI is InChI=1S/C23H31BrN4O/c1-17-19(15-18(24)16-25-17)22(29)20-7-5-8-21(26-20)28-11-6-10-27(13-14-28)12-9-23(2,3)4/h5,7-8,15-16H,6,9-14H2,1-4H3. The van der Waals surface area contributed by atoms with Crippen LogP contribution in [0.3, 0.4) is 0 Å². The summed E-state index contributed by atoms with van der Waals surface area (Å²) in [6, 6.07) is 7.55. The molecule has 0 spiro atoms. The molecule has 0 amide bonds. The summed E-state index contributed by atoms with van der Waals surface area (Å²) in [6.45, 7) is 13.9. The van der Waals surface area contributed by atoms with Crippen LogP contribution < -0.4 is 4.90 Å². The molecule has 1 aliphatic heterocycles. The molecule has 1 saturated heterocycles. The molecule has 29 heavy (non-hydrogen) atoms. The Labute approximate surface area is 182 Å². The Bertz CT molecular complexity index is 862. The molecule has 0 aromatic carbocycles. The minimum Gasteiger partial charge on any atom is -0.355 e. The quantitative estimate of drug-likeness (QED) is 0.606. The van der Waals surface area contributed by atoms with Crippen molar-refractivity contribution in [2.45, 2.75) is 40.5 Å². The van der Waals surface area contributed by atoms with Crippen molar-refractivity contribution in [3.63, 3.8) is 0 Å². The van der Waals surface area contributed by atoms with Crippen LogP contribution in [0.1, 0.15) is 55.4 Å². The number of aromatic nitrogens is 2. The first-order valence-electron chi connectivity index (χ1n) is 10.3. The second-order valence-corrected chi connectivity index (χ2v) is 9.91. The number of carbonyl (C=O) groups excluding carboxylic acids is 1. The Hall–Kier alpha value is -1.79. The minimum absolute atomic E-state index is 0.0835. The van der Waals surface area contributed by atoms with Gasteiger partial charge in [-0.25, -0.2) is 4.98 Å². The molecule has 6 heteroatoms. The number of anilines is 1. The number of ketones is 1. The third kappa shape index (κ3) is 6.09. The van der Waals surface area contributed by atoms with E-state index in [9.17, 15) is 4.79 Å². The SMILES string of the molecule is Cc1ncc(Br)cc1C(=O)c1cccc(N2CCCN(CCC(C)(C)C)CC2)n1. The smallest absolute Gasteiger partial charge is 0.213 e. The van der Waals surface area contributed by atoms with Gasteiger partial charge in [0.15, 0.2) is 0 Å². The van der Waals surface area contributed by atoms with E-state index in [1.807, 2.05) is 25.1 Å². The van der Waals surface area contributed by atoms with Crippen LogP contribution in [-0.2, 0) is 0 Å². The van der Waals surface area contributed by atoms with Crippen molar-refractivity contribution in [2.75, 3.05) is 37.6 Å². The Morgan fingerprint density at radius 2 is 1.97 bits per heavy atom. The highest BCUT2D eigenvalue weighted by atomic mass is 79.9. The molecule has 5 nitrogen and oxygen atoms in total. The first-order chi connectivity index (χ1) is 13.7. The summed E-state index contributed by atoms with van der Waals surface area (Å²) in [5.41, 5.74) is 2.14. The number of halogens is 1. The van der Waals surface area contributed by atoms with Gasteiger partial charge in [-0.3, -0.25) is 9.78 Å². The van der Waals surface area contributed by atoms with Crippen molar-refractivity contribution in [1.29, 1.82) is 0 Å². The van der Waals surface area contributed by atoms with E-state index in [1.165, 1.54) is 6.42 Å². The summed E-state index contributed by atoms with van der Waals surface area (Å²) in [7, 11) is 0. The molecule has 0 N–H and O–H groups in total. The highest BCUT2D eigenvalue weighted by molar-refractivity contribution is 9.10. The van der Waals surface area contributed by atoms with E-state index < -0.39 is 0 Å². The molecule has 156 valence electrons. The van der Waals surface area contributed by atoms with Crippen LogP contribution in [0.2, 0.25) is 0 Å². The second kappa shape index (κ2) is 9.35. The van der Waals surface area contributed by atoms with Gasteiger partial charge >= 0.3 is 0 Å². The van der Waals surface area contributed by atoms with Gasteiger partial charge in [0.1, 0.15) is 11.5 Å². The molecule has 3 heterocycles. The average molecular weight is 459 g/mol. The van der Waals surface area contributed by atoms with Crippen molar-refractivity contribution >= 4 is 27.5 Å². The zero-order chi connectivity index (χ0) is 21.0. The normalized spacial score (nSPS) is 16.0. The lowest BCUT2D eigenvalue weighted by atomic mass is 9.92. The lowest BCUT2D eigenvalue weighted by Crippen LogP contribution is -2.33. The summed E-state index contributed by atoms with van der Waals surface area (Å²) in [5.74, 6) is 0.800. The van der Waals surface area contributed by atoms with Gasteiger partial charge in [0, 0.05) is 41.6 Å². The number of hydrogen-bond donors (Lipinski definition) is 0. The molecule has 1 fully saturated rings. The fourth-order valence-electron chi connectivity index (χ4n) is 3.52. The fourth-order valence-corrected chi connectivity index (χ4v) is 3.85. The summed E-state index contributed by atoms with van der Waals surface area (Å²) in [5, 5.41) is 0. The van der Waals surface area contributed by atoms with Crippen LogP contribution in [0.25, 0.3) is 0 Å². The molecule has 0 saturated carbocycles. The Morgan fingerprint density at radius 3 is 2.72 bits per heavy atom.